The van der Waals surface area contributed by atoms with E-state index in [1.165, 1.54) is 17.4 Å². The van der Waals surface area contributed by atoms with E-state index in [1.807, 2.05) is 12.3 Å². The van der Waals surface area contributed by atoms with Crippen molar-refractivity contribution < 1.29 is 13.2 Å². The van der Waals surface area contributed by atoms with Crippen LogP contribution in [0.2, 0.25) is 0 Å². The van der Waals surface area contributed by atoms with E-state index in [0.717, 1.165) is 36.4 Å². The molecule has 2 aromatic rings. The van der Waals surface area contributed by atoms with E-state index < -0.39 is 10.0 Å². The van der Waals surface area contributed by atoms with Crippen LogP contribution in [0.3, 0.4) is 0 Å². The summed E-state index contributed by atoms with van der Waals surface area (Å²) >= 11 is 1.52. The van der Waals surface area contributed by atoms with Crippen LogP contribution in [-0.4, -0.2) is 36.7 Å². The molecule has 0 unspecified atom stereocenters. The molecule has 0 saturated carbocycles. The summed E-state index contributed by atoms with van der Waals surface area (Å²) in [5, 5.41) is 5.55. The van der Waals surface area contributed by atoms with E-state index in [9.17, 15) is 13.2 Å². The Bertz CT molecular complexity index is 910. The lowest BCUT2D eigenvalue weighted by Gasteiger charge is -2.20. The second kappa shape index (κ2) is 8.77. The van der Waals surface area contributed by atoms with Crippen LogP contribution < -0.4 is 5.32 Å². The molecule has 1 saturated heterocycles. The van der Waals surface area contributed by atoms with Crippen molar-refractivity contribution in [3.8, 4) is 0 Å². The number of thiazole rings is 1. The molecule has 0 radical (unpaired) electrons. The fourth-order valence-electron chi connectivity index (χ4n) is 2.94. The Labute approximate surface area is 164 Å². The van der Waals surface area contributed by atoms with Gasteiger partial charge in [-0.15, -0.1) is 11.3 Å². The molecule has 1 fully saturated rings. The molecule has 3 rings (SSSR count). The number of rotatable bonds is 5. The van der Waals surface area contributed by atoms with Crippen LogP contribution in [0.5, 0.6) is 0 Å². The molecule has 0 spiro atoms. The van der Waals surface area contributed by atoms with Crippen LogP contribution in [-0.2, 0) is 14.8 Å². The summed E-state index contributed by atoms with van der Waals surface area (Å²) in [6.45, 7) is 3.05. The number of anilines is 1. The number of aryl methyl sites for hydroxylation is 1. The first-order valence-corrected chi connectivity index (χ1v) is 11.3. The fourth-order valence-corrected chi connectivity index (χ4v) is 5.04. The van der Waals surface area contributed by atoms with Crippen LogP contribution in [0, 0.1) is 6.92 Å². The molecule has 0 bridgehead atoms. The van der Waals surface area contributed by atoms with E-state index in [2.05, 4.69) is 10.3 Å². The molecule has 1 amide bonds. The predicted molar refractivity (Wildman–Crippen MR) is 108 cm³/mol. The van der Waals surface area contributed by atoms with Crippen LogP contribution in [0.1, 0.15) is 36.4 Å². The van der Waals surface area contributed by atoms with Crippen molar-refractivity contribution in [2.24, 2.45) is 0 Å². The van der Waals surface area contributed by atoms with E-state index in [1.54, 1.807) is 34.6 Å². The lowest BCUT2D eigenvalue weighted by Crippen LogP contribution is -2.31. The van der Waals surface area contributed by atoms with Gasteiger partial charge < -0.3 is 5.32 Å². The largest absolute Gasteiger partial charge is 0.323 e. The van der Waals surface area contributed by atoms with Gasteiger partial charge in [-0.3, -0.25) is 4.79 Å². The molecule has 1 aromatic heterocycles. The highest BCUT2D eigenvalue weighted by Crippen LogP contribution is 2.21. The maximum atomic E-state index is 12.8. The summed E-state index contributed by atoms with van der Waals surface area (Å²) in [6.07, 6.45) is 7.01. The van der Waals surface area contributed by atoms with Gasteiger partial charge in [0, 0.05) is 30.2 Å². The Morgan fingerprint density at radius 1 is 1.15 bits per heavy atom. The van der Waals surface area contributed by atoms with Gasteiger partial charge in [-0.1, -0.05) is 12.8 Å². The molecule has 0 aliphatic carbocycles. The minimum absolute atomic E-state index is 0.260. The topological polar surface area (TPSA) is 79.4 Å². The fraction of sp³-hybridized carbons (Fsp3) is 0.368. The Morgan fingerprint density at radius 3 is 2.41 bits per heavy atom. The van der Waals surface area contributed by atoms with E-state index >= 15 is 0 Å². The molecule has 6 nitrogen and oxygen atoms in total. The maximum absolute atomic E-state index is 12.8. The number of carbonyl (C=O) groups excluding carboxylic acids is 1. The monoisotopic (exact) mass is 405 g/mol. The van der Waals surface area contributed by atoms with Gasteiger partial charge in [0.1, 0.15) is 0 Å². The normalized spacial score (nSPS) is 16.3. The van der Waals surface area contributed by atoms with Crippen LogP contribution in [0.25, 0.3) is 6.08 Å². The zero-order chi connectivity index (χ0) is 19.3. The number of carbonyl (C=O) groups is 1. The summed E-state index contributed by atoms with van der Waals surface area (Å²) < 4.78 is 27.1. The van der Waals surface area contributed by atoms with Crippen molar-refractivity contribution in [2.75, 3.05) is 18.4 Å². The average Bonchev–Trinajstić information content (AvgIpc) is 2.89. The number of sulfonamides is 1. The molecule has 144 valence electrons. The van der Waals surface area contributed by atoms with Gasteiger partial charge >= 0.3 is 0 Å². The number of amides is 1. The number of aromatic nitrogens is 1. The molecular weight excluding hydrogens is 382 g/mol. The molecule has 1 aliphatic heterocycles. The lowest BCUT2D eigenvalue weighted by atomic mass is 10.2. The SMILES string of the molecule is Cc1nc(/C=C/C(=O)Nc2ccc(S(=O)(=O)N3CCCCCC3)cc2)cs1. The third kappa shape index (κ3) is 5.24. The third-order valence-electron chi connectivity index (χ3n) is 4.37. The molecule has 1 aromatic carbocycles. The van der Waals surface area contributed by atoms with Gasteiger partial charge in [0.05, 0.1) is 15.6 Å². The van der Waals surface area contributed by atoms with Gasteiger partial charge in [0.25, 0.3) is 0 Å². The summed E-state index contributed by atoms with van der Waals surface area (Å²) in [4.78, 5) is 16.5. The van der Waals surface area contributed by atoms with Crippen molar-refractivity contribution in [1.82, 2.24) is 9.29 Å². The minimum atomic E-state index is -3.48. The molecule has 8 heteroatoms. The van der Waals surface area contributed by atoms with Gasteiger partial charge in [0.2, 0.25) is 15.9 Å². The lowest BCUT2D eigenvalue weighted by molar-refractivity contribution is -0.111. The highest BCUT2D eigenvalue weighted by Gasteiger charge is 2.24. The Balaban J connectivity index is 1.64. The van der Waals surface area contributed by atoms with E-state index in [0.29, 0.717) is 18.8 Å². The second-order valence-corrected chi connectivity index (χ2v) is 9.46. The van der Waals surface area contributed by atoms with Crippen LogP contribution in [0.15, 0.2) is 40.6 Å². The predicted octanol–water partition coefficient (Wildman–Crippen LogP) is 3.67. The Kier molecular flexibility index (Phi) is 6.41. The number of hydrogen-bond acceptors (Lipinski definition) is 5. The zero-order valence-corrected chi connectivity index (χ0v) is 16.9. The maximum Gasteiger partial charge on any atom is 0.248 e. The Hall–Kier alpha value is -2.03. The number of hydrogen-bond donors (Lipinski definition) is 1. The first-order chi connectivity index (χ1) is 12.9. The molecule has 1 N–H and O–H groups in total. The zero-order valence-electron chi connectivity index (χ0n) is 15.2. The van der Waals surface area contributed by atoms with Crippen molar-refractivity contribution in [1.29, 1.82) is 0 Å². The summed E-state index contributed by atoms with van der Waals surface area (Å²) in [5.74, 6) is -0.288. The van der Waals surface area contributed by atoms with Crippen molar-refractivity contribution in [3.05, 3.63) is 46.4 Å². The first-order valence-electron chi connectivity index (χ1n) is 8.96. The van der Waals surface area contributed by atoms with E-state index in [4.69, 9.17) is 0 Å². The summed E-state index contributed by atoms with van der Waals surface area (Å²) in [7, 11) is -3.48. The van der Waals surface area contributed by atoms with Gasteiger partial charge in [-0.05, 0) is 50.1 Å². The molecule has 27 heavy (non-hydrogen) atoms. The smallest absolute Gasteiger partial charge is 0.248 e. The molecule has 0 atom stereocenters. The third-order valence-corrected chi connectivity index (χ3v) is 7.07. The van der Waals surface area contributed by atoms with Crippen molar-refractivity contribution >= 4 is 39.0 Å². The second-order valence-electron chi connectivity index (χ2n) is 6.46. The first kappa shape index (κ1) is 19.7. The average molecular weight is 406 g/mol. The van der Waals surface area contributed by atoms with Gasteiger partial charge in [-0.25, -0.2) is 13.4 Å². The summed E-state index contributed by atoms with van der Waals surface area (Å²) in [5.41, 5.74) is 1.29. The quantitative estimate of drug-likeness (QED) is 0.770. The van der Waals surface area contributed by atoms with Crippen molar-refractivity contribution in [3.63, 3.8) is 0 Å². The summed E-state index contributed by atoms with van der Waals surface area (Å²) in [6, 6.07) is 6.32. The molecule has 1 aliphatic rings. The highest BCUT2D eigenvalue weighted by molar-refractivity contribution is 7.89. The van der Waals surface area contributed by atoms with Crippen molar-refractivity contribution in [2.45, 2.75) is 37.5 Å². The minimum Gasteiger partial charge on any atom is -0.323 e. The number of benzene rings is 1. The standard InChI is InChI=1S/C19H23N3O3S2/c1-15-20-17(14-26-15)8-11-19(23)21-16-6-9-18(10-7-16)27(24,25)22-12-4-2-3-5-13-22/h6-11,14H,2-5,12-13H2,1H3,(H,21,23)/b11-8+. The van der Waals surface area contributed by atoms with Gasteiger partial charge in [-0.2, -0.15) is 4.31 Å². The molecular formula is C19H23N3O3S2. The highest BCUT2D eigenvalue weighted by atomic mass is 32.2. The number of nitrogens with zero attached hydrogens (tertiary/aromatic N) is 2. The van der Waals surface area contributed by atoms with E-state index in [-0.39, 0.29) is 10.8 Å². The van der Waals surface area contributed by atoms with Gasteiger partial charge in [0.15, 0.2) is 0 Å². The van der Waals surface area contributed by atoms with Crippen LogP contribution in [0.4, 0.5) is 5.69 Å². The molecule has 2 heterocycles. The van der Waals surface area contributed by atoms with Crippen LogP contribution >= 0.6 is 11.3 Å². The number of nitrogens with one attached hydrogen (secondary N) is 1. The Morgan fingerprint density at radius 2 is 1.81 bits per heavy atom.